The zero-order valence-corrected chi connectivity index (χ0v) is 7.75. The number of hydrogen-bond donors (Lipinski definition) is 1. The van der Waals surface area contributed by atoms with Gasteiger partial charge in [-0.15, -0.1) is 0 Å². The van der Waals surface area contributed by atoms with Gasteiger partial charge < -0.3 is 5.11 Å². The summed E-state index contributed by atoms with van der Waals surface area (Å²) in [5, 5.41) is 9.99. The minimum absolute atomic E-state index is 0.301. The van der Waals surface area contributed by atoms with Gasteiger partial charge >= 0.3 is 0 Å². The third-order valence-electron chi connectivity index (χ3n) is 1.78. The maximum Gasteiger partial charge on any atom is 0.0622 e. The fourth-order valence-electron chi connectivity index (χ4n) is 0.968. The smallest absolute Gasteiger partial charge is 0.0622 e. The minimum Gasteiger partial charge on any atom is -0.393 e. The Hall–Kier alpha value is -0.600. The Bertz CT molecular complexity index is 252. The molecule has 1 rings (SSSR count). The van der Waals surface area contributed by atoms with Gasteiger partial charge in [0.15, 0.2) is 0 Å². The Morgan fingerprint density at radius 1 is 1.67 bits per heavy atom. The molecule has 1 aromatic heterocycles. The molecule has 1 atom stereocenters. The summed E-state index contributed by atoms with van der Waals surface area (Å²) >= 11 is 5.85. The lowest BCUT2D eigenvalue weighted by Gasteiger charge is -2.07. The predicted molar refractivity (Wildman–Crippen MR) is 49.2 cm³/mol. The molecule has 0 aromatic carbocycles. The SMILES string of the molecule is CCC(O)Cc1ccncc1Cl. The number of pyridine rings is 1. The van der Waals surface area contributed by atoms with Crippen molar-refractivity contribution in [2.24, 2.45) is 0 Å². The van der Waals surface area contributed by atoms with Crippen LogP contribution in [-0.4, -0.2) is 16.2 Å². The van der Waals surface area contributed by atoms with Crippen molar-refractivity contribution >= 4 is 11.6 Å². The van der Waals surface area contributed by atoms with Crippen molar-refractivity contribution < 1.29 is 5.11 Å². The van der Waals surface area contributed by atoms with E-state index in [9.17, 15) is 5.11 Å². The van der Waals surface area contributed by atoms with Crippen LogP contribution >= 0.6 is 11.6 Å². The van der Waals surface area contributed by atoms with Crippen molar-refractivity contribution in [2.75, 3.05) is 0 Å². The van der Waals surface area contributed by atoms with Gasteiger partial charge in [-0.25, -0.2) is 0 Å². The molecule has 0 amide bonds. The molecule has 0 aliphatic carbocycles. The second kappa shape index (κ2) is 4.43. The second-order valence-corrected chi connectivity index (χ2v) is 3.14. The topological polar surface area (TPSA) is 33.1 Å². The molecule has 2 nitrogen and oxygen atoms in total. The number of nitrogens with zero attached hydrogens (tertiary/aromatic N) is 1. The molecule has 0 fully saturated rings. The zero-order chi connectivity index (χ0) is 8.97. The molecular formula is C9H12ClNO. The zero-order valence-electron chi connectivity index (χ0n) is 7.00. The van der Waals surface area contributed by atoms with Gasteiger partial charge in [-0.05, 0) is 24.5 Å². The molecule has 0 spiro atoms. The Kier molecular flexibility index (Phi) is 3.50. The number of hydrogen-bond acceptors (Lipinski definition) is 2. The van der Waals surface area contributed by atoms with E-state index in [4.69, 9.17) is 11.6 Å². The lowest BCUT2D eigenvalue weighted by atomic mass is 10.1. The molecule has 0 aliphatic heterocycles. The maximum absolute atomic E-state index is 9.36. The lowest BCUT2D eigenvalue weighted by Crippen LogP contribution is -2.08. The number of rotatable bonds is 3. The highest BCUT2D eigenvalue weighted by Gasteiger charge is 2.05. The van der Waals surface area contributed by atoms with Crippen molar-refractivity contribution in [1.29, 1.82) is 0 Å². The van der Waals surface area contributed by atoms with Gasteiger partial charge in [-0.1, -0.05) is 18.5 Å². The van der Waals surface area contributed by atoms with E-state index in [-0.39, 0.29) is 6.10 Å². The molecule has 0 radical (unpaired) electrons. The summed E-state index contributed by atoms with van der Waals surface area (Å²) in [5.41, 5.74) is 0.959. The van der Waals surface area contributed by atoms with Gasteiger partial charge in [-0.2, -0.15) is 0 Å². The summed E-state index contributed by atoms with van der Waals surface area (Å²) in [5.74, 6) is 0. The lowest BCUT2D eigenvalue weighted by molar-refractivity contribution is 0.171. The molecule has 1 unspecified atom stereocenters. The number of halogens is 1. The van der Waals surface area contributed by atoms with E-state index >= 15 is 0 Å². The fraction of sp³-hybridized carbons (Fsp3) is 0.444. The van der Waals surface area contributed by atoms with Gasteiger partial charge in [0.1, 0.15) is 0 Å². The van der Waals surface area contributed by atoms with E-state index in [2.05, 4.69) is 4.98 Å². The second-order valence-electron chi connectivity index (χ2n) is 2.73. The Labute approximate surface area is 77.2 Å². The monoisotopic (exact) mass is 185 g/mol. The van der Waals surface area contributed by atoms with Crippen molar-refractivity contribution in [2.45, 2.75) is 25.9 Å². The minimum atomic E-state index is -0.301. The summed E-state index contributed by atoms with van der Waals surface area (Å²) in [6.07, 6.45) is 4.34. The molecule has 0 saturated heterocycles. The molecular weight excluding hydrogens is 174 g/mol. The largest absolute Gasteiger partial charge is 0.393 e. The van der Waals surface area contributed by atoms with E-state index in [0.29, 0.717) is 11.4 Å². The molecule has 0 bridgehead atoms. The summed E-state index contributed by atoms with van der Waals surface area (Å²) in [6.45, 7) is 1.94. The number of aliphatic hydroxyl groups is 1. The molecule has 0 saturated carbocycles. The van der Waals surface area contributed by atoms with E-state index in [1.54, 1.807) is 12.4 Å². The van der Waals surface area contributed by atoms with Crippen LogP contribution in [0.15, 0.2) is 18.5 Å². The van der Waals surface area contributed by atoms with E-state index in [1.165, 1.54) is 0 Å². The predicted octanol–water partition coefficient (Wildman–Crippen LogP) is 2.05. The van der Waals surface area contributed by atoms with Crippen LogP contribution in [0.5, 0.6) is 0 Å². The Balaban J connectivity index is 2.69. The van der Waals surface area contributed by atoms with E-state index in [0.717, 1.165) is 12.0 Å². The number of aliphatic hydroxyl groups excluding tert-OH is 1. The van der Waals surface area contributed by atoms with E-state index < -0.39 is 0 Å². The van der Waals surface area contributed by atoms with Crippen LogP contribution in [0.25, 0.3) is 0 Å². The third-order valence-corrected chi connectivity index (χ3v) is 2.12. The highest BCUT2D eigenvalue weighted by atomic mass is 35.5. The number of aromatic nitrogens is 1. The van der Waals surface area contributed by atoms with Crippen molar-refractivity contribution in [3.63, 3.8) is 0 Å². The van der Waals surface area contributed by atoms with Crippen LogP contribution < -0.4 is 0 Å². The van der Waals surface area contributed by atoms with E-state index in [1.807, 2.05) is 13.0 Å². The van der Waals surface area contributed by atoms with Crippen LogP contribution in [-0.2, 0) is 6.42 Å². The van der Waals surface area contributed by atoms with Gasteiger partial charge in [-0.3, -0.25) is 4.98 Å². The standard InChI is InChI=1S/C9H12ClNO/c1-2-8(12)5-7-3-4-11-6-9(7)10/h3-4,6,8,12H,2,5H2,1H3. The van der Waals surface area contributed by atoms with Gasteiger partial charge in [0, 0.05) is 12.4 Å². The summed E-state index contributed by atoms with van der Waals surface area (Å²) in [6, 6.07) is 1.83. The first-order valence-electron chi connectivity index (χ1n) is 4.00. The van der Waals surface area contributed by atoms with Gasteiger partial charge in [0.2, 0.25) is 0 Å². The van der Waals surface area contributed by atoms with Crippen LogP contribution in [0.3, 0.4) is 0 Å². The summed E-state index contributed by atoms with van der Waals surface area (Å²) in [4.78, 5) is 3.86. The molecule has 0 aliphatic rings. The fourth-order valence-corrected chi connectivity index (χ4v) is 1.16. The van der Waals surface area contributed by atoms with Crippen LogP contribution in [0, 0.1) is 0 Å². The van der Waals surface area contributed by atoms with Crippen molar-refractivity contribution in [3.05, 3.63) is 29.0 Å². The first-order chi connectivity index (χ1) is 5.74. The normalized spacial score (nSPS) is 12.9. The quantitative estimate of drug-likeness (QED) is 0.782. The van der Waals surface area contributed by atoms with Gasteiger partial charge in [0.25, 0.3) is 0 Å². The van der Waals surface area contributed by atoms with Crippen LogP contribution in [0.2, 0.25) is 5.02 Å². The van der Waals surface area contributed by atoms with Crippen molar-refractivity contribution in [3.8, 4) is 0 Å². The third kappa shape index (κ3) is 2.47. The molecule has 1 aromatic rings. The van der Waals surface area contributed by atoms with Gasteiger partial charge in [0.05, 0.1) is 11.1 Å². The highest BCUT2D eigenvalue weighted by molar-refractivity contribution is 6.31. The highest BCUT2D eigenvalue weighted by Crippen LogP contribution is 2.15. The van der Waals surface area contributed by atoms with Crippen LogP contribution in [0.1, 0.15) is 18.9 Å². The molecule has 1 heterocycles. The molecule has 1 N–H and O–H groups in total. The average Bonchev–Trinajstić information content (AvgIpc) is 2.09. The average molecular weight is 186 g/mol. The Morgan fingerprint density at radius 2 is 2.42 bits per heavy atom. The van der Waals surface area contributed by atoms with Crippen LogP contribution in [0.4, 0.5) is 0 Å². The Morgan fingerprint density at radius 3 is 3.00 bits per heavy atom. The summed E-state index contributed by atoms with van der Waals surface area (Å²) < 4.78 is 0. The maximum atomic E-state index is 9.36. The first-order valence-corrected chi connectivity index (χ1v) is 4.38. The summed E-state index contributed by atoms with van der Waals surface area (Å²) in [7, 11) is 0. The van der Waals surface area contributed by atoms with Crippen molar-refractivity contribution in [1.82, 2.24) is 4.98 Å². The molecule has 66 valence electrons. The first kappa shape index (κ1) is 9.49. The molecule has 12 heavy (non-hydrogen) atoms. The molecule has 3 heteroatoms.